The molecule has 4 aromatic rings. The molecule has 1 aromatic carbocycles. The number of hydrazine groups is 1. The van der Waals surface area contributed by atoms with Crippen molar-refractivity contribution >= 4 is 39.8 Å². The number of ether oxygens (including phenoxy) is 2. The molecule has 3 aliphatic heterocycles. The van der Waals surface area contributed by atoms with Gasteiger partial charge in [-0.2, -0.15) is 0 Å². The van der Waals surface area contributed by atoms with Gasteiger partial charge in [0.2, 0.25) is 0 Å². The minimum atomic E-state index is -0.777. The number of nitrogens with zero attached hydrogens (tertiary/aromatic N) is 6. The minimum Gasteiger partial charge on any atom is -0.464 e. The van der Waals surface area contributed by atoms with Gasteiger partial charge < -0.3 is 29.6 Å². The largest absolute Gasteiger partial charge is 0.464 e. The fraction of sp³-hybridized carbons (Fsp3) is 0.550. The van der Waals surface area contributed by atoms with Crippen molar-refractivity contribution in [2.75, 3.05) is 58.4 Å². The van der Waals surface area contributed by atoms with Crippen molar-refractivity contribution in [1.82, 2.24) is 29.9 Å². The standard InChI is InChI=1S/C40H52N8O4S/c1-7-47-33-9-8-24-14-28(33)30(37(47)29-16-26(19-42-35(29)23(2)51-6)46-12-10-45(5)11-13-46)18-40(3,4)22-52-39(50)36-27-15-25(27)20-48(44-36)38(49)31(41)17-34-43-32(24)21-53-34/h8-9,14,16,19,21,23,25,27,31,36,44H,7,10-13,15,17-18,20,22,41H2,1-6H3/t23-,25?,27?,31-,36-/m0/s1. The van der Waals surface area contributed by atoms with Crippen molar-refractivity contribution in [3.63, 3.8) is 0 Å². The van der Waals surface area contributed by atoms with Gasteiger partial charge in [-0.05, 0) is 69.3 Å². The second-order valence-electron chi connectivity index (χ2n) is 16.2. The van der Waals surface area contributed by atoms with E-state index in [4.69, 9.17) is 25.2 Å². The van der Waals surface area contributed by atoms with E-state index in [1.54, 1.807) is 12.1 Å². The summed E-state index contributed by atoms with van der Waals surface area (Å²) in [4.78, 5) is 42.2. The predicted molar refractivity (Wildman–Crippen MR) is 207 cm³/mol. The first-order chi connectivity index (χ1) is 25.4. The van der Waals surface area contributed by atoms with Gasteiger partial charge in [0.05, 0.1) is 52.7 Å². The maximum Gasteiger partial charge on any atom is 0.325 e. The third kappa shape index (κ3) is 6.86. The SMILES string of the molecule is CCn1c(-c2cc(N3CCN(C)CC3)cnc2[C@H](C)OC)c2c3cc(ccc31)-c1csc(n1)C[C@H](N)C(=O)N1CC3CC3[C@H](N1)C(=O)OCC(C)(C)C2. The number of carbonyl (C=O) groups is 2. The highest BCUT2D eigenvalue weighted by atomic mass is 32.1. The number of cyclic esters (lactones) is 1. The van der Waals surface area contributed by atoms with Crippen LogP contribution in [0.25, 0.3) is 33.4 Å². The molecule has 2 saturated heterocycles. The highest BCUT2D eigenvalue weighted by Gasteiger charge is 2.53. The molecule has 8 rings (SSSR count). The summed E-state index contributed by atoms with van der Waals surface area (Å²) in [5.74, 6) is -0.115. The Balaban J connectivity index is 1.28. The summed E-state index contributed by atoms with van der Waals surface area (Å²) >= 11 is 1.52. The number of pyridine rings is 1. The highest BCUT2D eigenvalue weighted by Crippen LogP contribution is 2.46. The maximum atomic E-state index is 13.8. The summed E-state index contributed by atoms with van der Waals surface area (Å²) in [6, 6.07) is 7.54. The maximum absolute atomic E-state index is 13.8. The van der Waals surface area contributed by atoms with Gasteiger partial charge in [0.25, 0.3) is 5.91 Å². The monoisotopic (exact) mass is 740 g/mol. The van der Waals surface area contributed by atoms with Crippen LogP contribution in [0.2, 0.25) is 0 Å². The predicted octanol–water partition coefficient (Wildman–Crippen LogP) is 4.65. The lowest BCUT2D eigenvalue weighted by molar-refractivity contribution is -0.155. The smallest absolute Gasteiger partial charge is 0.325 e. The number of carbonyl (C=O) groups excluding carboxylic acids is 2. The zero-order valence-electron chi connectivity index (χ0n) is 31.7. The summed E-state index contributed by atoms with van der Waals surface area (Å²) in [5.41, 5.74) is 17.6. The van der Waals surface area contributed by atoms with Crippen LogP contribution in [0.4, 0.5) is 5.69 Å². The molecule has 5 atom stereocenters. The molecule has 13 heteroatoms. The second kappa shape index (κ2) is 14.1. The van der Waals surface area contributed by atoms with Crippen LogP contribution in [0, 0.1) is 17.3 Å². The summed E-state index contributed by atoms with van der Waals surface area (Å²) in [7, 11) is 3.91. The Morgan fingerprint density at radius 1 is 1.17 bits per heavy atom. The van der Waals surface area contributed by atoms with E-state index in [2.05, 4.69) is 84.2 Å². The van der Waals surface area contributed by atoms with Crippen LogP contribution in [0.1, 0.15) is 56.5 Å². The summed E-state index contributed by atoms with van der Waals surface area (Å²) in [6.07, 6.45) is 3.62. The average Bonchev–Trinajstić information content (AvgIpc) is 3.70. The zero-order valence-corrected chi connectivity index (χ0v) is 32.5. The van der Waals surface area contributed by atoms with Crippen LogP contribution in [0.5, 0.6) is 0 Å². The van der Waals surface area contributed by atoms with Crippen LogP contribution in [-0.4, -0.2) is 102 Å². The van der Waals surface area contributed by atoms with Crippen LogP contribution < -0.4 is 16.1 Å². The topological polar surface area (TPSA) is 131 Å². The summed E-state index contributed by atoms with van der Waals surface area (Å²) in [5, 5.41) is 5.54. The Labute approximate surface area is 315 Å². The van der Waals surface area contributed by atoms with E-state index >= 15 is 0 Å². The van der Waals surface area contributed by atoms with Gasteiger partial charge in [0.1, 0.15) is 6.04 Å². The number of methoxy groups -OCH3 is 1. The summed E-state index contributed by atoms with van der Waals surface area (Å²) in [6.45, 7) is 14.0. The zero-order chi connectivity index (χ0) is 37.2. The van der Waals surface area contributed by atoms with Crippen LogP contribution in [0.3, 0.4) is 0 Å². The molecule has 0 radical (unpaired) electrons. The Hall–Kier alpha value is -3.88. The number of anilines is 1. The van der Waals surface area contributed by atoms with Gasteiger partial charge >= 0.3 is 5.97 Å². The van der Waals surface area contributed by atoms with Crippen molar-refractivity contribution in [3.8, 4) is 22.5 Å². The lowest BCUT2D eigenvalue weighted by Gasteiger charge is -2.34. The van der Waals surface area contributed by atoms with Crippen molar-refractivity contribution < 1.29 is 19.1 Å². The molecule has 282 valence electrons. The molecular formula is C40H52N8O4S. The van der Waals surface area contributed by atoms with E-state index in [9.17, 15) is 9.59 Å². The molecule has 6 heterocycles. The Bertz CT molecular complexity index is 2030. The van der Waals surface area contributed by atoms with Crippen LogP contribution >= 0.6 is 11.3 Å². The third-order valence-electron chi connectivity index (χ3n) is 11.7. The minimum absolute atomic E-state index is 0.159. The number of amides is 1. The van der Waals surface area contributed by atoms with Crippen molar-refractivity contribution in [3.05, 3.63) is 52.1 Å². The quantitative estimate of drug-likeness (QED) is 0.279. The number of rotatable bonds is 5. The van der Waals surface area contributed by atoms with Crippen molar-refractivity contribution in [1.29, 1.82) is 0 Å². The fourth-order valence-corrected chi connectivity index (χ4v) is 9.31. The molecule has 53 heavy (non-hydrogen) atoms. The number of hydrogen-bond acceptors (Lipinski definition) is 11. The number of piperazine rings is 1. The van der Waals surface area contributed by atoms with E-state index < -0.39 is 17.5 Å². The number of fused-ring (bicyclic) bond motifs is 8. The van der Waals surface area contributed by atoms with E-state index in [1.165, 1.54) is 16.9 Å². The molecule has 4 aliphatic rings. The molecule has 0 spiro atoms. The highest BCUT2D eigenvalue weighted by molar-refractivity contribution is 7.10. The number of aromatic nitrogens is 3. The van der Waals surface area contributed by atoms with E-state index in [-0.39, 0.29) is 36.4 Å². The van der Waals surface area contributed by atoms with E-state index in [1.807, 2.05) is 6.20 Å². The molecule has 2 unspecified atom stereocenters. The average molecular weight is 741 g/mol. The Morgan fingerprint density at radius 2 is 1.96 bits per heavy atom. The molecule has 1 amide bonds. The molecule has 1 aliphatic carbocycles. The number of aryl methyl sites for hydroxylation is 1. The number of hydrogen-bond donors (Lipinski definition) is 2. The van der Waals surface area contributed by atoms with Crippen molar-refractivity contribution in [2.45, 2.75) is 71.7 Å². The molecular weight excluding hydrogens is 689 g/mol. The first kappa shape index (κ1) is 36.1. The third-order valence-corrected chi connectivity index (χ3v) is 12.6. The number of nitrogens with two attached hydrogens (primary N) is 1. The Kier molecular flexibility index (Phi) is 9.59. The van der Waals surface area contributed by atoms with Gasteiger partial charge in [-0.1, -0.05) is 19.9 Å². The van der Waals surface area contributed by atoms with Gasteiger partial charge in [-0.3, -0.25) is 19.6 Å². The first-order valence-electron chi connectivity index (χ1n) is 19.0. The number of thiazole rings is 1. The molecule has 1 saturated carbocycles. The normalized spacial score (nSPS) is 25.6. The van der Waals surface area contributed by atoms with E-state index in [0.29, 0.717) is 19.4 Å². The van der Waals surface area contributed by atoms with Gasteiger partial charge in [-0.15, -0.1) is 11.3 Å². The Morgan fingerprint density at radius 3 is 2.72 bits per heavy atom. The first-order valence-corrected chi connectivity index (χ1v) is 19.9. The van der Waals surface area contributed by atoms with Gasteiger partial charge in [0.15, 0.2) is 0 Å². The molecule has 3 N–H and O–H groups in total. The van der Waals surface area contributed by atoms with Crippen LogP contribution in [0.15, 0.2) is 35.8 Å². The van der Waals surface area contributed by atoms with Gasteiger partial charge in [0, 0.05) is 85.6 Å². The number of nitrogens with one attached hydrogen (secondary N) is 1. The molecule has 6 bridgehead atoms. The fourth-order valence-electron chi connectivity index (χ4n) is 8.45. The molecule has 3 aromatic heterocycles. The van der Waals surface area contributed by atoms with Gasteiger partial charge in [-0.25, -0.2) is 10.4 Å². The number of benzene rings is 1. The second-order valence-corrected chi connectivity index (χ2v) is 17.1. The van der Waals surface area contributed by atoms with Crippen LogP contribution in [-0.2, 0) is 38.4 Å². The van der Waals surface area contributed by atoms with E-state index in [0.717, 1.165) is 89.0 Å². The molecule has 3 fully saturated rings. The lowest BCUT2D eigenvalue weighted by atomic mass is 9.84. The van der Waals surface area contributed by atoms with Crippen molar-refractivity contribution in [2.24, 2.45) is 23.0 Å². The number of esters is 1. The number of likely N-dealkylation sites (N-methyl/N-ethyl adjacent to an activating group) is 1. The summed E-state index contributed by atoms with van der Waals surface area (Å²) < 4.78 is 14.5. The lowest BCUT2D eigenvalue weighted by Crippen LogP contribution is -2.60. The molecule has 12 nitrogen and oxygen atoms in total.